The van der Waals surface area contributed by atoms with Crippen molar-refractivity contribution in [3.63, 3.8) is 0 Å². The van der Waals surface area contributed by atoms with Gasteiger partial charge < -0.3 is 4.57 Å². The summed E-state index contributed by atoms with van der Waals surface area (Å²) >= 11 is 0. The number of hydrogen-bond donors (Lipinski definition) is 0. The van der Waals surface area contributed by atoms with Crippen LogP contribution in [0.5, 0.6) is 0 Å². The summed E-state index contributed by atoms with van der Waals surface area (Å²) in [5, 5.41) is 9.59. The smallest absolute Gasteiger partial charge is 0.268 e. The summed E-state index contributed by atoms with van der Waals surface area (Å²) in [5.41, 5.74) is 2.43. The van der Waals surface area contributed by atoms with E-state index in [0.29, 0.717) is 18.0 Å². The van der Waals surface area contributed by atoms with Gasteiger partial charge in [-0.05, 0) is 48.4 Å². The molecule has 0 amide bonds. The number of pyridine rings is 1. The maximum Gasteiger partial charge on any atom is 0.268 e. The van der Waals surface area contributed by atoms with Crippen LogP contribution in [0.1, 0.15) is 49.3 Å². The molecule has 1 aromatic heterocycles. The first-order valence-corrected chi connectivity index (χ1v) is 9.48. The third-order valence-electron chi connectivity index (χ3n) is 5.22. The summed E-state index contributed by atoms with van der Waals surface area (Å²) in [6.45, 7) is 7.79. The van der Waals surface area contributed by atoms with E-state index in [1.54, 1.807) is 4.57 Å². The SMILES string of the molecule is CC(C)CCn1ccc(C2CCN(Cc3ccccc3)C2)c(C#N)c1=O. The molecule has 1 aliphatic rings. The van der Waals surface area contributed by atoms with E-state index in [4.69, 9.17) is 0 Å². The normalized spacial score (nSPS) is 17.5. The molecule has 136 valence electrons. The number of benzene rings is 1. The Morgan fingerprint density at radius 2 is 2.00 bits per heavy atom. The number of likely N-dealkylation sites (tertiary alicyclic amines) is 1. The number of rotatable bonds is 6. The van der Waals surface area contributed by atoms with Gasteiger partial charge in [0.05, 0.1) is 0 Å². The van der Waals surface area contributed by atoms with Crippen molar-refractivity contribution in [2.75, 3.05) is 13.1 Å². The highest BCUT2D eigenvalue weighted by Gasteiger charge is 2.27. The van der Waals surface area contributed by atoms with Crippen molar-refractivity contribution >= 4 is 0 Å². The van der Waals surface area contributed by atoms with Crippen molar-refractivity contribution in [3.8, 4) is 6.07 Å². The first-order valence-electron chi connectivity index (χ1n) is 9.48. The molecule has 4 heteroatoms. The van der Waals surface area contributed by atoms with Gasteiger partial charge in [0.15, 0.2) is 0 Å². The molecule has 2 heterocycles. The molecule has 26 heavy (non-hydrogen) atoms. The van der Waals surface area contributed by atoms with Crippen LogP contribution in [-0.2, 0) is 13.1 Å². The van der Waals surface area contributed by atoms with Crippen LogP contribution in [0.2, 0.25) is 0 Å². The molecule has 0 aliphatic carbocycles. The van der Waals surface area contributed by atoms with Crippen LogP contribution >= 0.6 is 0 Å². The monoisotopic (exact) mass is 349 g/mol. The average Bonchev–Trinajstić information content (AvgIpc) is 3.09. The van der Waals surface area contributed by atoms with Crippen LogP contribution in [0.25, 0.3) is 0 Å². The van der Waals surface area contributed by atoms with Crippen molar-refractivity contribution < 1.29 is 0 Å². The van der Waals surface area contributed by atoms with E-state index in [1.807, 2.05) is 18.3 Å². The number of aromatic nitrogens is 1. The van der Waals surface area contributed by atoms with Crippen molar-refractivity contribution in [2.45, 2.75) is 45.7 Å². The van der Waals surface area contributed by atoms with Crippen LogP contribution in [0.4, 0.5) is 0 Å². The molecule has 0 radical (unpaired) electrons. The Hall–Kier alpha value is -2.38. The molecule has 0 spiro atoms. The quantitative estimate of drug-likeness (QED) is 0.798. The number of nitriles is 1. The second-order valence-electron chi connectivity index (χ2n) is 7.65. The fraction of sp³-hybridized carbons (Fsp3) is 0.455. The fourth-order valence-corrected chi connectivity index (χ4v) is 3.69. The van der Waals surface area contributed by atoms with E-state index in [0.717, 1.165) is 38.0 Å². The maximum absolute atomic E-state index is 12.7. The van der Waals surface area contributed by atoms with Crippen LogP contribution in [0.15, 0.2) is 47.4 Å². The molecular formula is C22H27N3O. The number of nitrogens with zero attached hydrogens (tertiary/aromatic N) is 3. The average molecular weight is 349 g/mol. The van der Waals surface area contributed by atoms with Crippen LogP contribution in [-0.4, -0.2) is 22.6 Å². The Morgan fingerprint density at radius 3 is 2.69 bits per heavy atom. The Bertz CT molecular complexity index is 833. The first-order chi connectivity index (χ1) is 12.6. The van der Waals surface area contributed by atoms with Crippen LogP contribution in [0.3, 0.4) is 0 Å². The second-order valence-corrected chi connectivity index (χ2v) is 7.65. The van der Waals surface area contributed by atoms with Gasteiger partial charge in [0.25, 0.3) is 5.56 Å². The zero-order valence-electron chi connectivity index (χ0n) is 15.7. The fourth-order valence-electron chi connectivity index (χ4n) is 3.69. The van der Waals surface area contributed by atoms with E-state index >= 15 is 0 Å². The summed E-state index contributed by atoms with van der Waals surface area (Å²) in [6, 6.07) is 14.6. The predicted octanol–water partition coefficient (Wildman–Crippen LogP) is 3.76. The molecule has 1 aliphatic heterocycles. The lowest BCUT2D eigenvalue weighted by molar-refractivity contribution is 0.327. The number of aryl methyl sites for hydroxylation is 1. The topological polar surface area (TPSA) is 49.0 Å². The molecule has 0 saturated carbocycles. The highest BCUT2D eigenvalue weighted by atomic mass is 16.1. The molecule has 1 aromatic carbocycles. The minimum atomic E-state index is -0.132. The van der Waals surface area contributed by atoms with Gasteiger partial charge in [-0.25, -0.2) is 0 Å². The van der Waals surface area contributed by atoms with Gasteiger partial charge in [0.2, 0.25) is 0 Å². The van der Waals surface area contributed by atoms with Gasteiger partial charge in [-0.15, -0.1) is 0 Å². The van der Waals surface area contributed by atoms with Gasteiger partial charge >= 0.3 is 0 Å². The summed E-state index contributed by atoms with van der Waals surface area (Å²) < 4.78 is 1.69. The van der Waals surface area contributed by atoms with Crippen molar-refractivity contribution in [1.82, 2.24) is 9.47 Å². The third kappa shape index (κ3) is 4.23. The largest absolute Gasteiger partial charge is 0.314 e. The lowest BCUT2D eigenvalue weighted by Crippen LogP contribution is -2.26. The van der Waals surface area contributed by atoms with E-state index in [1.165, 1.54) is 5.56 Å². The summed E-state index contributed by atoms with van der Waals surface area (Å²) in [4.78, 5) is 15.1. The Kier molecular flexibility index (Phi) is 5.90. The Balaban J connectivity index is 1.74. The highest BCUT2D eigenvalue weighted by Crippen LogP contribution is 2.29. The lowest BCUT2D eigenvalue weighted by Gasteiger charge is -2.17. The standard InChI is InChI=1S/C22H27N3O/c1-17(2)8-12-25-13-10-20(21(14-23)22(25)26)19-9-11-24(16-19)15-18-6-4-3-5-7-18/h3-7,10,13,17,19H,8-9,11-12,15-16H2,1-2H3. The molecule has 0 N–H and O–H groups in total. The van der Waals surface area contributed by atoms with Crippen molar-refractivity contribution in [3.05, 3.63) is 69.6 Å². The molecule has 1 unspecified atom stereocenters. The summed E-state index contributed by atoms with van der Waals surface area (Å²) in [7, 11) is 0. The molecule has 3 rings (SSSR count). The Labute approximate surface area is 155 Å². The van der Waals surface area contributed by atoms with Gasteiger partial charge in [0.1, 0.15) is 11.6 Å². The van der Waals surface area contributed by atoms with Crippen LogP contribution < -0.4 is 5.56 Å². The molecule has 0 bridgehead atoms. The zero-order valence-corrected chi connectivity index (χ0v) is 15.7. The van der Waals surface area contributed by atoms with E-state index in [-0.39, 0.29) is 11.5 Å². The van der Waals surface area contributed by atoms with E-state index in [9.17, 15) is 10.1 Å². The molecule has 1 atom stereocenters. The number of hydrogen-bond acceptors (Lipinski definition) is 3. The van der Waals surface area contributed by atoms with Gasteiger partial charge in [-0.1, -0.05) is 44.2 Å². The van der Waals surface area contributed by atoms with Gasteiger partial charge in [-0.2, -0.15) is 5.26 Å². The Morgan fingerprint density at radius 1 is 1.23 bits per heavy atom. The maximum atomic E-state index is 12.7. The molecule has 1 saturated heterocycles. The zero-order chi connectivity index (χ0) is 18.5. The third-order valence-corrected chi connectivity index (χ3v) is 5.22. The summed E-state index contributed by atoms with van der Waals surface area (Å²) in [5.74, 6) is 0.800. The lowest BCUT2D eigenvalue weighted by atomic mass is 9.95. The van der Waals surface area contributed by atoms with Gasteiger partial charge in [-0.3, -0.25) is 9.69 Å². The molecular weight excluding hydrogens is 322 g/mol. The first kappa shape index (κ1) is 18.4. The van der Waals surface area contributed by atoms with Crippen molar-refractivity contribution in [2.24, 2.45) is 5.92 Å². The van der Waals surface area contributed by atoms with Gasteiger partial charge in [0, 0.05) is 25.8 Å². The molecule has 4 nitrogen and oxygen atoms in total. The molecule has 2 aromatic rings. The minimum Gasteiger partial charge on any atom is -0.314 e. The minimum absolute atomic E-state index is 0.132. The predicted molar refractivity (Wildman–Crippen MR) is 104 cm³/mol. The second kappa shape index (κ2) is 8.33. The van der Waals surface area contributed by atoms with Crippen LogP contribution in [0, 0.1) is 17.2 Å². The van der Waals surface area contributed by atoms with E-state index in [2.05, 4.69) is 49.1 Å². The summed E-state index contributed by atoms with van der Waals surface area (Å²) in [6.07, 6.45) is 3.82. The van der Waals surface area contributed by atoms with E-state index < -0.39 is 0 Å². The highest BCUT2D eigenvalue weighted by molar-refractivity contribution is 5.38. The molecule has 1 fully saturated rings. The van der Waals surface area contributed by atoms with Crippen molar-refractivity contribution in [1.29, 1.82) is 5.26 Å².